The zero-order valence-corrected chi connectivity index (χ0v) is 13.8. The van der Waals surface area contributed by atoms with Crippen LogP contribution in [0.2, 0.25) is 0 Å². The Morgan fingerprint density at radius 2 is 2.04 bits per heavy atom. The Hall–Kier alpha value is -2.45. The van der Waals surface area contributed by atoms with Gasteiger partial charge in [-0.15, -0.1) is 0 Å². The first kappa shape index (κ1) is 16.0. The molecule has 1 aromatic carbocycles. The summed E-state index contributed by atoms with van der Waals surface area (Å²) in [6.07, 6.45) is 0. The van der Waals surface area contributed by atoms with Crippen LogP contribution in [-0.2, 0) is 19.6 Å². The van der Waals surface area contributed by atoms with E-state index in [0.717, 1.165) is 43.3 Å². The first-order chi connectivity index (χ1) is 12.1. The maximum atomic E-state index is 14.0. The van der Waals surface area contributed by atoms with Crippen molar-refractivity contribution in [1.82, 2.24) is 20.2 Å². The quantitative estimate of drug-likeness (QED) is 0.753. The minimum atomic E-state index is -0.349. The van der Waals surface area contributed by atoms with Gasteiger partial charge < -0.3 is 20.3 Å². The average molecular weight is 345 g/mol. The van der Waals surface area contributed by atoms with E-state index < -0.39 is 0 Å². The van der Waals surface area contributed by atoms with E-state index in [4.69, 9.17) is 0 Å². The maximum absolute atomic E-state index is 14.0. The lowest BCUT2D eigenvalue weighted by molar-refractivity contribution is 0.269. The molecule has 0 saturated carbocycles. The van der Waals surface area contributed by atoms with Gasteiger partial charge in [0.25, 0.3) is 0 Å². The number of phenols is 1. The third kappa shape index (κ3) is 3.22. The van der Waals surface area contributed by atoms with Crippen LogP contribution in [0.25, 0.3) is 0 Å². The number of anilines is 1. The molecule has 2 aromatic rings. The number of phenolic OH excluding ortho intramolecular Hbond substituents is 1. The van der Waals surface area contributed by atoms with Crippen LogP contribution in [0.15, 0.2) is 23.0 Å². The number of aromatic hydroxyl groups is 1. The molecule has 0 spiro atoms. The first-order valence-corrected chi connectivity index (χ1v) is 8.37. The normalized spacial score (nSPS) is 17.7. The second-order valence-corrected chi connectivity index (χ2v) is 6.48. The maximum Gasteiger partial charge on any atom is 0.347 e. The third-order valence-corrected chi connectivity index (χ3v) is 4.70. The highest BCUT2D eigenvalue weighted by molar-refractivity contribution is 5.50. The zero-order chi connectivity index (χ0) is 17.4. The van der Waals surface area contributed by atoms with Crippen LogP contribution in [0.5, 0.6) is 5.75 Å². The lowest BCUT2D eigenvalue weighted by Gasteiger charge is -2.29. The average Bonchev–Trinajstić information content (AvgIpc) is 3.00. The van der Waals surface area contributed by atoms with Gasteiger partial charge in [-0.05, 0) is 18.2 Å². The Morgan fingerprint density at radius 1 is 1.24 bits per heavy atom. The SMILES string of the molecule is O=c1nc(N2CCNCC2)c2c([nH]1)CN(Cc1cc(O)ccc1F)C2. The Kier molecular flexibility index (Phi) is 4.14. The number of halogens is 1. The van der Waals surface area contributed by atoms with Gasteiger partial charge in [0, 0.05) is 62.6 Å². The van der Waals surface area contributed by atoms with Crippen molar-refractivity contribution in [3.8, 4) is 5.75 Å². The van der Waals surface area contributed by atoms with E-state index in [1.54, 1.807) is 0 Å². The standard InChI is InChI=1S/C17H20FN5O2/c18-14-2-1-12(24)7-11(14)8-22-9-13-15(10-22)20-17(25)21-16(13)23-5-3-19-4-6-23/h1-2,7,19,24H,3-6,8-10H2,(H,20,21,25). The number of fused-ring (bicyclic) bond motifs is 1. The molecule has 2 aliphatic rings. The monoisotopic (exact) mass is 345 g/mol. The molecule has 0 unspecified atom stereocenters. The van der Waals surface area contributed by atoms with E-state index in [0.29, 0.717) is 25.2 Å². The van der Waals surface area contributed by atoms with Crippen LogP contribution in [-0.4, -0.2) is 46.2 Å². The topological polar surface area (TPSA) is 84.5 Å². The predicted molar refractivity (Wildman–Crippen MR) is 91.0 cm³/mol. The lowest BCUT2D eigenvalue weighted by Crippen LogP contribution is -2.45. The summed E-state index contributed by atoms with van der Waals surface area (Å²) in [7, 11) is 0. The summed E-state index contributed by atoms with van der Waals surface area (Å²) in [5, 5.41) is 12.9. The molecule has 1 aromatic heterocycles. The fourth-order valence-electron chi connectivity index (χ4n) is 3.51. The van der Waals surface area contributed by atoms with Crippen molar-refractivity contribution in [1.29, 1.82) is 0 Å². The van der Waals surface area contributed by atoms with Crippen LogP contribution in [0, 0.1) is 5.82 Å². The number of piperazine rings is 1. The van der Waals surface area contributed by atoms with E-state index in [-0.39, 0.29) is 17.3 Å². The van der Waals surface area contributed by atoms with Gasteiger partial charge in [-0.25, -0.2) is 9.18 Å². The molecule has 3 heterocycles. The summed E-state index contributed by atoms with van der Waals surface area (Å²) < 4.78 is 14.0. The summed E-state index contributed by atoms with van der Waals surface area (Å²) in [5.74, 6) is 0.437. The molecule has 8 heteroatoms. The number of hydrogen-bond acceptors (Lipinski definition) is 6. The number of aromatic nitrogens is 2. The van der Waals surface area contributed by atoms with Crippen LogP contribution in [0.4, 0.5) is 10.2 Å². The summed E-state index contributed by atoms with van der Waals surface area (Å²) in [5.41, 5.74) is 1.93. The Bertz CT molecular complexity index is 847. The second kappa shape index (κ2) is 6.45. The van der Waals surface area contributed by atoms with Gasteiger partial charge in [0.2, 0.25) is 0 Å². The molecule has 0 amide bonds. The number of nitrogens with one attached hydrogen (secondary N) is 2. The van der Waals surface area contributed by atoms with Crippen molar-refractivity contribution in [3.05, 3.63) is 51.3 Å². The molecule has 4 rings (SSSR count). The second-order valence-electron chi connectivity index (χ2n) is 6.48. The summed E-state index contributed by atoms with van der Waals surface area (Å²) >= 11 is 0. The van der Waals surface area contributed by atoms with Crippen molar-refractivity contribution < 1.29 is 9.50 Å². The minimum Gasteiger partial charge on any atom is -0.508 e. The van der Waals surface area contributed by atoms with E-state index in [1.165, 1.54) is 18.2 Å². The highest BCUT2D eigenvalue weighted by Crippen LogP contribution is 2.29. The molecular weight excluding hydrogens is 325 g/mol. The molecule has 0 aliphatic carbocycles. The molecule has 7 nitrogen and oxygen atoms in total. The summed E-state index contributed by atoms with van der Waals surface area (Å²) in [6.45, 7) is 4.82. The first-order valence-electron chi connectivity index (χ1n) is 8.37. The summed E-state index contributed by atoms with van der Waals surface area (Å²) in [4.78, 5) is 23.1. The van der Waals surface area contributed by atoms with Crippen LogP contribution >= 0.6 is 0 Å². The molecule has 0 bridgehead atoms. The van der Waals surface area contributed by atoms with Crippen molar-refractivity contribution in [2.24, 2.45) is 0 Å². The van der Waals surface area contributed by atoms with Gasteiger partial charge in [0.05, 0.1) is 0 Å². The van der Waals surface area contributed by atoms with E-state index >= 15 is 0 Å². The van der Waals surface area contributed by atoms with Crippen LogP contribution in [0.3, 0.4) is 0 Å². The van der Waals surface area contributed by atoms with Crippen molar-refractivity contribution in [2.75, 3.05) is 31.1 Å². The highest BCUT2D eigenvalue weighted by atomic mass is 19.1. The molecule has 25 heavy (non-hydrogen) atoms. The molecule has 1 saturated heterocycles. The fourth-order valence-corrected chi connectivity index (χ4v) is 3.51. The molecule has 2 aliphatic heterocycles. The van der Waals surface area contributed by atoms with E-state index in [9.17, 15) is 14.3 Å². The predicted octanol–water partition coefficient (Wildman–Crippen LogP) is 0.540. The van der Waals surface area contributed by atoms with Gasteiger partial charge in [-0.3, -0.25) is 4.90 Å². The van der Waals surface area contributed by atoms with Gasteiger partial charge in [0.15, 0.2) is 0 Å². The lowest BCUT2D eigenvalue weighted by atomic mass is 10.2. The Labute approximate surface area is 144 Å². The third-order valence-electron chi connectivity index (χ3n) is 4.70. The number of benzene rings is 1. The smallest absolute Gasteiger partial charge is 0.347 e. The zero-order valence-electron chi connectivity index (χ0n) is 13.8. The number of hydrogen-bond donors (Lipinski definition) is 3. The Balaban J connectivity index is 1.59. The van der Waals surface area contributed by atoms with Crippen molar-refractivity contribution in [2.45, 2.75) is 19.6 Å². The van der Waals surface area contributed by atoms with Crippen LogP contribution in [0.1, 0.15) is 16.8 Å². The molecule has 0 radical (unpaired) electrons. The molecule has 3 N–H and O–H groups in total. The number of aromatic amines is 1. The van der Waals surface area contributed by atoms with E-state index in [2.05, 4.69) is 20.2 Å². The van der Waals surface area contributed by atoms with Crippen molar-refractivity contribution >= 4 is 5.82 Å². The molecule has 132 valence electrons. The van der Waals surface area contributed by atoms with Crippen LogP contribution < -0.4 is 15.9 Å². The Morgan fingerprint density at radius 3 is 2.84 bits per heavy atom. The minimum absolute atomic E-state index is 0.0460. The van der Waals surface area contributed by atoms with Gasteiger partial charge in [-0.2, -0.15) is 4.98 Å². The van der Waals surface area contributed by atoms with Gasteiger partial charge >= 0.3 is 5.69 Å². The number of rotatable bonds is 3. The van der Waals surface area contributed by atoms with Gasteiger partial charge in [0.1, 0.15) is 17.4 Å². The molecule has 1 fully saturated rings. The van der Waals surface area contributed by atoms with Gasteiger partial charge in [-0.1, -0.05) is 0 Å². The van der Waals surface area contributed by atoms with Crippen molar-refractivity contribution in [3.63, 3.8) is 0 Å². The van der Waals surface area contributed by atoms with E-state index in [1.807, 2.05) is 4.90 Å². The summed E-state index contributed by atoms with van der Waals surface area (Å²) in [6, 6.07) is 4.04. The highest BCUT2D eigenvalue weighted by Gasteiger charge is 2.27. The fraction of sp³-hybridized carbons (Fsp3) is 0.412. The largest absolute Gasteiger partial charge is 0.508 e. The molecular formula is C17H20FN5O2. The number of nitrogens with zero attached hydrogens (tertiary/aromatic N) is 3. The molecule has 0 atom stereocenters. The number of H-pyrrole nitrogens is 1.